The van der Waals surface area contributed by atoms with Crippen molar-refractivity contribution in [2.75, 3.05) is 7.05 Å². The molecule has 0 saturated carbocycles. The van der Waals surface area contributed by atoms with E-state index in [-0.39, 0.29) is 5.91 Å². The van der Waals surface area contributed by atoms with Crippen LogP contribution < -0.4 is 5.32 Å². The van der Waals surface area contributed by atoms with Crippen molar-refractivity contribution in [3.63, 3.8) is 0 Å². The number of carbonyl (C=O) groups excluding carboxylic acids is 1. The van der Waals surface area contributed by atoms with E-state index in [1.807, 2.05) is 0 Å². The summed E-state index contributed by atoms with van der Waals surface area (Å²) in [7, 11) is 1.55. The van der Waals surface area contributed by atoms with Gasteiger partial charge in [-0.25, -0.2) is 4.39 Å². The van der Waals surface area contributed by atoms with Gasteiger partial charge in [0, 0.05) is 18.2 Å². The molecule has 0 atom stereocenters. The lowest BCUT2D eigenvalue weighted by atomic mass is 10.0. The fourth-order valence-electron chi connectivity index (χ4n) is 1.73. The molecule has 1 amide bonds. The molecule has 0 saturated heterocycles. The second kappa shape index (κ2) is 5.19. The lowest BCUT2D eigenvalue weighted by Crippen LogP contribution is -2.17. The Hall–Kier alpha value is -1.87. The van der Waals surface area contributed by atoms with Crippen LogP contribution in [0, 0.1) is 5.82 Å². The van der Waals surface area contributed by atoms with Crippen molar-refractivity contribution in [3.8, 4) is 11.1 Å². The molecule has 1 N–H and O–H groups in total. The van der Waals surface area contributed by atoms with E-state index in [4.69, 9.17) is 11.6 Å². The Balaban J connectivity index is 2.55. The standard InChI is InChI=1S/C14H11ClFNO/c1-17-14(18)10-5-2-4-9(8-10)13-11(15)6-3-7-12(13)16/h2-8H,1H3,(H,17,18). The van der Waals surface area contributed by atoms with Crippen LogP contribution in [0.1, 0.15) is 10.4 Å². The molecule has 2 aromatic rings. The van der Waals surface area contributed by atoms with Crippen molar-refractivity contribution >= 4 is 17.5 Å². The summed E-state index contributed by atoms with van der Waals surface area (Å²) >= 11 is 5.99. The number of amides is 1. The molecule has 0 heterocycles. The smallest absolute Gasteiger partial charge is 0.251 e. The van der Waals surface area contributed by atoms with Crippen molar-refractivity contribution in [2.24, 2.45) is 0 Å². The summed E-state index contributed by atoms with van der Waals surface area (Å²) < 4.78 is 13.8. The predicted molar refractivity (Wildman–Crippen MR) is 70.2 cm³/mol. The average molecular weight is 264 g/mol. The molecule has 0 radical (unpaired) electrons. The van der Waals surface area contributed by atoms with Gasteiger partial charge in [0.05, 0.1) is 5.02 Å². The van der Waals surface area contributed by atoms with Gasteiger partial charge in [-0.1, -0.05) is 29.8 Å². The Morgan fingerprint density at radius 2 is 1.94 bits per heavy atom. The Morgan fingerprint density at radius 1 is 1.22 bits per heavy atom. The third kappa shape index (κ3) is 2.36. The third-order valence-electron chi connectivity index (χ3n) is 2.60. The molecule has 0 aliphatic heterocycles. The summed E-state index contributed by atoms with van der Waals surface area (Å²) in [6, 6.07) is 11.2. The maximum absolute atomic E-state index is 13.8. The van der Waals surface area contributed by atoms with Crippen molar-refractivity contribution < 1.29 is 9.18 Å². The van der Waals surface area contributed by atoms with Crippen LogP contribution in [0.25, 0.3) is 11.1 Å². The van der Waals surface area contributed by atoms with Gasteiger partial charge in [0.2, 0.25) is 0 Å². The Labute approximate surface area is 109 Å². The first kappa shape index (κ1) is 12.6. The van der Waals surface area contributed by atoms with Gasteiger partial charge < -0.3 is 5.32 Å². The van der Waals surface area contributed by atoms with E-state index in [9.17, 15) is 9.18 Å². The van der Waals surface area contributed by atoms with Crippen LogP contribution in [0.15, 0.2) is 42.5 Å². The number of hydrogen-bond acceptors (Lipinski definition) is 1. The Bertz CT molecular complexity index is 578. The monoisotopic (exact) mass is 263 g/mol. The Kier molecular flexibility index (Phi) is 3.63. The summed E-state index contributed by atoms with van der Waals surface area (Å²) in [6.07, 6.45) is 0. The first-order valence-corrected chi connectivity index (χ1v) is 5.78. The van der Waals surface area contributed by atoms with Gasteiger partial charge in [-0.3, -0.25) is 4.79 Å². The van der Waals surface area contributed by atoms with Crippen LogP contribution in [0.4, 0.5) is 4.39 Å². The topological polar surface area (TPSA) is 29.1 Å². The van der Waals surface area contributed by atoms with Gasteiger partial charge in [-0.05, 0) is 29.8 Å². The van der Waals surface area contributed by atoms with Crippen molar-refractivity contribution in [2.45, 2.75) is 0 Å². The molecule has 0 aliphatic carbocycles. The molecule has 92 valence electrons. The zero-order chi connectivity index (χ0) is 13.1. The largest absolute Gasteiger partial charge is 0.355 e. The molecule has 2 rings (SSSR count). The first-order valence-electron chi connectivity index (χ1n) is 5.40. The van der Waals surface area contributed by atoms with Gasteiger partial charge in [-0.15, -0.1) is 0 Å². The second-order valence-electron chi connectivity index (χ2n) is 3.76. The number of nitrogens with one attached hydrogen (secondary N) is 1. The van der Waals surface area contributed by atoms with E-state index in [1.165, 1.54) is 6.07 Å². The summed E-state index contributed by atoms with van der Waals surface area (Å²) in [5.41, 5.74) is 1.36. The predicted octanol–water partition coefficient (Wildman–Crippen LogP) is 3.51. The molecule has 2 nitrogen and oxygen atoms in total. The molecule has 2 aromatic carbocycles. The summed E-state index contributed by atoms with van der Waals surface area (Å²) in [4.78, 5) is 11.5. The fourth-order valence-corrected chi connectivity index (χ4v) is 2.01. The van der Waals surface area contributed by atoms with Gasteiger partial charge in [0.25, 0.3) is 5.91 Å². The molecule has 0 bridgehead atoms. The van der Waals surface area contributed by atoms with Crippen LogP contribution in [-0.4, -0.2) is 13.0 Å². The minimum Gasteiger partial charge on any atom is -0.355 e. The molecule has 0 aliphatic rings. The molecular formula is C14H11ClFNO. The molecule has 0 fully saturated rings. The van der Waals surface area contributed by atoms with Gasteiger partial charge in [0.15, 0.2) is 0 Å². The second-order valence-corrected chi connectivity index (χ2v) is 4.16. The van der Waals surface area contributed by atoms with Crippen LogP contribution in [0.2, 0.25) is 5.02 Å². The third-order valence-corrected chi connectivity index (χ3v) is 2.92. The molecule has 0 spiro atoms. The quantitative estimate of drug-likeness (QED) is 0.883. The molecule has 0 aromatic heterocycles. The first-order chi connectivity index (χ1) is 8.63. The number of rotatable bonds is 2. The highest BCUT2D eigenvalue weighted by Crippen LogP contribution is 2.30. The van der Waals surface area contributed by atoms with Crippen LogP contribution in [0.3, 0.4) is 0 Å². The van der Waals surface area contributed by atoms with Crippen molar-refractivity contribution in [1.29, 1.82) is 0 Å². The highest BCUT2D eigenvalue weighted by Gasteiger charge is 2.11. The van der Waals surface area contributed by atoms with Crippen molar-refractivity contribution in [1.82, 2.24) is 5.32 Å². The lowest BCUT2D eigenvalue weighted by Gasteiger charge is -2.07. The fraction of sp³-hybridized carbons (Fsp3) is 0.0714. The molecule has 18 heavy (non-hydrogen) atoms. The van der Waals surface area contributed by atoms with Gasteiger partial charge in [0.1, 0.15) is 5.82 Å². The molecule has 4 heteroatoms. The number of hydrogen-bond donors (Lipinski definition) is 1. The van der Waals surface area contributed by atoms with E-state index in [0.717, 1.165) is 0 Å². The van der Waals surface area contributed by atoms with Crippen LogP contribution in [-0.2, 0) is 0 Å². The van der Waals surface area contributed by atoms with Crippen molar-refractivity contribution in [3.05, 3.63) is 58.9 Å². The number of carbonyl (C=O) groups is 1. The van der Waals surface area contributed by atoms with Gasteiger partial charge in [-0.2, -0.15) is 0 Å². The summed E-state index contributed by atoms with van der Waals surface area (Å²) in [5, 5.41) is 2.85. The van der Waals surface area contributed by atoms with E-state index in [2.05, 4.69) is 5.32 Å². The van der Waals surface area contributed by atoms with Gasteiger partial charge >= 0.3 is 0 Å². The number of benzene rings is 2. The SMILES string of the molecule is CNC(=O)c1cccc(-c2c(F)cccc2Cl)c1. The zero-order valence-corrected chi connectivity index (χ0v) is 10.5. The Morgan fingerprint density at radius 3 is 2.61 bits per heavy atom. The minimum absolute atomic E-state index is 0.218. The highest BCUT2D eigenvalue weighted by atomic mass is 35.5. The maximum Gasteiger partial charge on any atom is 0.251 e. The lowest BCUT2D eigenvalue weighted by molar-refractivity contribution is 0.0963. The van der Waals surface area contributed by atoms with E-state index in [0.29, 0.717) is 21.7 Å². The normalized spacial score (nSPS) is 10.2. The molecule has 0 unspecified atom stereocenters. The van der Waals surface area contributed by atoms with Crippen LogP contribution in [0.5, 0.6) is 0 Å². The van der Waals surface area contributed by atoms with E-state index >= 15 is 0 Å². The zero-order valence-electron chi connectivity index (χ0n) is 9.71. The van der Waals surface area contributed by atoms with E-state index in [1.54, 1.807) is 43.4 Å². The molecular weight excluding hydrogens is 253 g/mol. The average Bonchev–Trinajstić information content (AvgIpc) is 2.38. The van der Waals surface area contributed by atoms with E-state index < -0.39 is 5.82 Å². The summed E-state index contributed by atoms with van der Waals surface area (Å²) in [6.45, 7) is 0. The number of halogens is 2. The van der Waals surface area contributed by atoms with Crippen LogP contribution >= 0.6 is 11.6 Å². The maximum atomic E-state index is 13.8. The highest BCUT2D eigenvalue weighted by molar-refractivity contribution is 6.33. The summed E-state index contributed by atoms with van der Waals surface area (Å²) in [5.74, 6) is -0.624. The minimum atomic E-state index is -0.406.